The largest absolute Gasteiger partial charge is 0.358 e. The summed E-state index contributed by atoms with van der Waals surface area (Å²) in [5, 5.41) is 1.97. The van der Waals surface area contributed by atoms with Gasteiger partial charge in [-0.2, -0.15) is 0 Å². The van der Waals surface area contributed by atoms with E-state index in [2.05, 4.69) is 5.32 Å². The van der Waals surface area contributed by atoms with Crippen molar-refractivity contribution in [2.75, 3.05) is 18.4 Å². The van der Waals surface area contributed by atoms with E-state index in [1.165, 1.54) is 17.8 Å². The summed E-state index contributed by atoms with van der Waals surface area (Å²) in [6.07, 6.45) is 0. The first-order chi connectivity index (χ1) is 9.88. The van der Waals surface area contributed by atoms with Crippen LogP contribution in [-0.2, 0) is 4.79 Å². The maximum absolute atomic E-state index is 13.5. The number of nitrogens with one attached hydrogen (secondary N) is 1. The summed E-state index contributed by atoms with van der Waals surface area (Å²) in [5.74, 6) is -1.86. The van der Waals surface area contributed by atoms with E-state index < -0.39 is 16.9 Å². The SMILES string of the molecule is CCN(CC)C(=S)S[C@H](C)C(=O)Nc1ccc(F)cc1F. The van der Waals surface area contributed by atoms with Crippen molar-refractivity contribution in [3.05, 3.63) is 29.8 Å². The maximum atomic E-state index is 13.5. The maximum Gasteiger partial charge on any atom is 0.237 e. The number of thiocarbonyl (C=S) groups is 1. The second kappa shape index (κ2) is 8.29. The molecule has 1 rings (SSSR count). The molecule has 0 aliphatic rings. The number of hydrogen-bond donors (Lipinski definition) is 1. The number of carbonyl (C=O) groups excluding carboxylic acids is 1. The average molecular weight is 332 g/mol. The highest BCUT2D eigenvalue weighted by Gasteiger charge is 2.19. The molecule has 7 heteroatoms. The Balaban J connectivity index is 2.64. The molecule has 0 heterocycles. The second-order valence-electron chi connectivity index (χ2n) is 4.31. The Hall–Kier alpha value is -1.21. The zero-order valence-corrected chi connectivity index (χ0v) is 13.8. The molecule has 0 saturated heterocycles. The van der Waals surface area contributed by atoms with Crippen LogP contribution in [0.15, 0.2) is 18.2 Å². The van der Waals surface area contributed by atoms with Gasteiger partial charge in [0.1, 0.15) is 16.0 Å². The molecule has 0 spiro atoms. The summed E-state index contributed by atoms with van der Waals surface area (Å²) in [6, 6.07) is 3.02. The van der Waals surface area contributed by atoms with Gasteiger partial charge < -0.3 is 10.2 Å². The van der Waals surface area contributed by atoms with Crippen LogP contribution in [0.4, 0.5) is 14.5 Å². The van der Waals surface area contributed by atoms with E-state index in [-0.39, 0.29) is 11.6 Å². The molecule has 0 radical (unpaired) electrons. The van der Waals surface area contributed by atoms with Crippen molar-refractivity contribution < 1.29 is 13.6 Å². The summed E-state index contributed by atoms with van der Waals surface area (Å²) in [4.78, 5) is 14.0. The molecule has 1 aromatic rings. The van der Waals surface area contributed by atoms with Gasteiger partial charge in [0.15, 0.2) is 0 Å². The fourth-order valence-corrected chi connectivity index (χ4v) is 3.15. The molecule has 0 aromatic heterocycles. The van der Waals surface area contributed by atoms with E-state index in [9.17, 15) is 13.6 Å². The van der Waals surface area contributed by atoms with Crippen LogP contribution in [0.3, 0.4) is 0 Å². The van der Waals surface area contributed by atoms with Crippen molar-refractivity contribution >= 4 is 39.9 Å². The molecule has 1 N–H and O–H groups in total. The number of anilines is 1. The molecule has 0 unspecified atom stereocenters. The van der Waals surface area contributed by atoms with Gasteiger partial charge in [-0.25, -0.2) is 8.78 Å². The van der Waals surface area contributed by atoms with Gasteiger partial charge in [0.2, 0.25) is 5.91 Å². The zero-order chi connectivity index (χ0) is 16.0. The van der Waals surface area contributed by atoms with Crippen LogP contribution in [0.1, 0.15) is 20.8 Å². The Labute approximate surface area is 133 Å². The van der Waals surface area contributed by atoms with Gasteiger partial charge in [0.25, 0.3) is 0 Å². The van der Waals surface area contributed by atoms with E-state index >= 15 is 0 Å². The zero-order valence-electron chi connectivity index (χ0n) is 12.2. The van der Waals surface area contributed by atoms with Crippen LogP contribution in [-0.4, -0.2) is 33.5 Å². The van der Waals surface area contributed by atoms with Crippen LogP contribution in [0.2, 0.25) is 0 Å². The lowest BCUT2D eigenvalue weighted by atomic mass is 10.3. The topological polar surface area (TPSA) is 32.3 Å². The van der Waals surface area contributed by atoms with Gasteiger partial charge in [0, 0.05) is 19.2 Å². The summed E-state index contributed by atoms with van der Waals surface area (Å²) in [5.41, 5.74) is -0.0393. The number of amides is 1. The summed E-state index contributed by atoms with van der Waals surface area (Å²) < 4.78 is 26.9. The number of rotatable bonds is 5. The van der Waals surface area contributed by atoms with E-state index in [0.29, 0.717) is 4.32 Å². The summed E-state index contributed by atoms with van der Waals surface area (Å²) in [6.45, 7) is 7.19. The number of hydrogen-bond acceptors (Lipinski definition) is 3. The van der Waals surface area contributed by atoms with Gasteiger partial charge in [-0.3, -0.25) is 4.79 Å². The highest BCUT2D eigenvalue weighted by molar-refractivity contribution is 8.23. The number of halogens is 2. The highest BCUT2D eigenvalue weighted by atomic mass is 32.2. The van der Waals surface area contributed by atoms with Crippen molar-refractivity contribution in [1.82, 2.24) is 4.90 Å². The number of nitrogens with zero attached hydrogens (tertiary/aromatic N) is 1. The van der Waals surface area contributed by atoms with E-state index in [1.807, 2.05) is 18.7 Å². The van der Waals surface area contributed by atoms with E-state index in [4.69, 9.17) is 12.2 Å². The van der Waals surface area contributed by atoms with Crippen LogP contribution in [0, 0.1) is 11.6 Å². The minimum atomic E-state index is -0.799. The lowest BCUT2D eigenvalue weighted by Gasteiger charge is -2.22. The van der Waals surface area contributed by atoms with Gasteiger partial charge in [-0.05, 0) is 32.9 Å². The number of thioether (sulfide) groups is 1. The molecule has 21 heavy (non-hydrogen) atoms. The summed E-state index contributed by atoms with van der Waals surface area (Å²) >= 11 is 6.50. The van der Waals surface area contributed by atoms with Crippen LogP contribution >= 0.6 is 24.0 Å². The van der Waals surface area contributed by atoms with Crippen molar-refractivity contribution in [2.45, 2.75) is 26.0 Å². The van der Waals surface area contributed by atoms with Gasteiger partial charge in [0.05, 0.1) is 10.9 Å². The molecular weight excluding hydrogens is 314 g/mol. The predicted octanol–water partition coefficient (Wildman–Crippen LogP) is 3.65. The lowest BCUT2D eigenvalue weighted by molar-refractivity contribution is -0.115. The standard InChI is InChI=1S/C14H18F2N2OS2/c1-4-18(5-2)14(20)21-9(3)13(19)17-12-7-6-10(15)8-11(12)16/h6-9H,4-5H2,1-3H3,(H,17,19)/t9-/m1/s1. The summed E-state index contributed by atoms with van der Waals surface area (Å²) in [7, 11) is 0. The second-order valence-corrected chi connectivity index (χ2v) is 6.29. The smallest absolute Gasteiger partial charge is 0.237 e. The number of benzene rings is 1. The highest BCUT2D eigenvalue weighted by Crippen LogP contribution is 2.20. The van der Waals surface area contributed by atoms with Crippen molar-refractivity contribution in [3.63, 3.8) is 0 Å². The van der Waals surface area contributed by atoms with Gasteiger partial charge in [-0.1, -0.05) is 24.0 Å². The molecule has 116 valence electrons. The van der Waals surface area contributed by atoms with Crippen LogP contribution in [0.5, 0.6) is 0 Å². The molecule has 1 amide bonds. The Morgan fingerprint density at radius 2 is 2.00 bits per heavy atom. The first kappa shape index (κ1) is 17.8. The Kier molecular flexibility index (Phi) is 7.04. The first-order valence-corrected chi connectivity index (χ1v) is 7.89. The Morgan fingerprint density at radius 1 is 1.38 bits per heavy atom. The lowest BCUT2D eigenvalue weighted by Crippen LogP contribution is -2.31. The third-order valence-corrected chi connectivity index (χ3v) is 4.43. The molecule has 1 aromatic carbocycles. The molecule has 0 fully saturated rings. The van der Waals surface area contributed by atoms with E-state index in [1.54, 1.807) is 6.92 Å². The average Bonchev–Trinajstić information content (AvgIpc) is 2.43. The van der Waals surface area contributed by atoms with Gasteiger partial charge >= 0.3 is 0 Å². The molecule has 3 nitrogen and oxygen atoms in total. The predicted molar refractivity (Wildman–Crippen MR) is 87.6 cm³/mol. The molecule has 0 aliphatic carbocycles. The van der Waals surface area contributed by atoms with Gasteiger partial charge in [-0.15, -0.1) is 0 Å². The molecule has 0 bridgehead atoms. The fraction of sp³-hybridized carbons (Fsp3) is 0.429. The third-order valence-electron chi connectivity index (χ3n) is 2.86. The number of carbonyl (C=O) groups is 1. The monoisotopic (exact) mass is 332 g/mol. The van der Waals surface area contributed by atoms with Crippen molar-refractivity contribution in [2.24, 2.45) is 0 Å². The van der Waals surface area contributed by atoms with Crippen LogP contribution in [0.25, 0.3) is 0 Å². The molecule has 0 saturated carbocycles. The third kappa shape index (κ3) is 5.24. The first-order valence-electron chi connectivity index (χ1n) is 6.60. The van der Waals surface area contributed by atoms with E-state index in [0.717, 1.165) is 25.2 Å². The normalized spacial score (nSPS) is 11.9. The molecule has 0 aliphatic heterocycles. The molecular formula is C14H18F2N2OS2. The molecule has 1 atom stereocenters. The Bertz CT molecular complexity index is 522. The van der Waals surface area contributed by atoms with Crippen molar-refractivity contribution in [3.8, 4) is 0 Å². The Morgan fingerprint density at radius 3 is 2.52 bits per heavy atom. The van der Waals surface area contributed by atoms with Crippen LogP contribution < -0.4 is 5.32 Å². The quantitative estimate of drug-likeness (QED) is 0.834. The minimum absolute atomic E-state index is 0.0393. The minimum Gasteiger partial charge on any atom is -0.358 e. The fourth-order valence-electron chi connectivity index (χ4n) is 1.59. The van der Waals surface area contributed by atoms with Crippen molar-refractivity contribution in [1.29, 1.82) is 0 Å².